The molecule has 2 fully saturated rings. The Bertz CT molecular complexity index is 1160. The Morgan fingerprint density at radius 1 is 1.11 bits per heavy atom. The van der Waals surface area contributed by atoms with Gasteiger partial charge in [-0.2, -0.15) is 4.98 Å². The second-order valence-corrected chi connectivity index (χ2v) is 10.7. The van der Waals surface area contributed by atoms with Gasteiger partial charge >= 0.3 is 0 Å². The first-order chi connectivity index (χ1) is 17.5. The van der Waals surface area contributed by atoms with Gasteiger partial charge in [0.15, 0.2) is 0 Å². The lowest BCUT2D eigenvalue weighted by Crippen LogP contribution is -2.37. The summed E-state index contributed by atoms with van der Waals surface area (Å²) in [5.41, 5.74) is 3.06. The fourth-order valence-corrected chi connectivity index (χ4v) is 5.95. The number of amides is 1. The Labute approximate surface area is 213 Å². The highest BCUT2D eigenvalue weighted by Crippen LogP contribution is 2.38. The SMILES string of the molecule is CCCC(C)Nc1ncc2c(C3CCN(C(=O)c4ccccc4)CC3)cn(C3CCC(O)CC3)c2n1. The van der Waals surface area contributed by atoms with E-state index in [-0.39, 0.29) is 12.0 Å². The zero-order valence-corrected chi connectivity index (χ0v) is 21.6. The van der Waals surface area contributed by atoms with E-state index in [1.807, 2.05) is 41.4 Å². The van der Waals surface area contributed by atoms with E-state index in [9.17, 15) is 9.90 Å². The third kappa shape index (κ3) is 5.26. The summed E-state index contributed by atoms with van der Waals surface area (Å²) in [7, 11) is 0. The number of nitrogens with zero attached hydrogens (tertiary/aromatic N) is 4. The molecule has 0 radical (unpaired) electrons. The number of piperidine rings is 1. The van der Waals surface area contributed by atoms with Crippen molar-refractivity contribution in [3.8, 4) is 0 Å². The molecule has 2 aromatic heterocycles. The standard InChI is InChI=1S/C29H39N5O2/c1-3-7-20(2)31-29-30-18-25-26(19-34(27(25)32-29)23-10-12-24(35)13-11-23)21-14-16-33(17-15-21)28(36)22-8-5-4-6-9-22/h4-6,8-9,18-21,23-24,35H,3,7,10-17H2,1-2H3,(H,30,31,32). The van der Waals surface area contributed by atoms with Crippen molar-refractivity contribution in [2.45, 2.75) is 89.3 Å². The molecule has 2 aliphatic rings. The highest BCUT2D eigenvalue weighted by Gasteiger charge is 2.29. The summed E-state index contributed by atoms with van der Waals surface area (Å²) >= 11 is 0. The number of hydrogen-bond donors (Lipinski definition) is 2. The van der Waals surface area contributed by atoms with Crippen LogP contribution in [0.3, 0.4) is 0 Å². The molecule has 1 aromatic carbocycles. The van der Waals surface area contributed by atoms with Crippen molar-refractivity contribution in [3.63, 3.8) is 0 Å². The number of hydrogen-bond acceptors (Lipinski definition) is 5. The quantitative estimate of drug-likeness (QED) is 0.456. The van der Waals surface area contributed by atoms with Crippen LogP contribution in [0.2, 0.25) is 0 Å². The third-order valence-corrected chi connectivity index (χ3v) is 8.00. The van der Waals surface area contributed by atoms with E-state index in [0.29, 0.717) is 23.9 Å². The average Bonchev–Trinajstić information content (AvgIpc) is 3.28. The molecular weight excluding hydrogens is 450 g/mol. The Kier molecular flexibility index (Phi) is 7.56. The minimum Gasteiger partial charge on any atom is -0.393 e. The van der Waals surface area contributed by atoms with Crippen LogP contribution in [-0.4, -0.2) is 55.7 Å². The topological polar surface area (TPSA) is 83.3 Å². The van der Waals surface area contributed by atoms with Gasteiger partial charge in [-0.15, -0.1) is 0 Å². The van der Waals surface area contributed by atoms with Gasteiger partial charge in [0.2, 0.25) is 5.95 Å². The second kappa shape index (κ2) is 11.0. The van der Waals surface area contributed by atoms with Crippen LogP contribution in [0.25, 0.3) is 11.0 Å². The lowest BCUT2D eigenvalue weighted by atomic mass is 9.89. The van der Waals surface area contributed by atoms with Crippen LogP contribution in [0.15, 0.2) is 42.7 Å². The molecule has 1 amide bonds. The lowest BCUT2D eigenvalue weighted by Gasteiger charge is -2.32. The number of fused-ring (bicyclic) bond motifs is 1. The minimum atomic E-state index is -0.184. The van der Waals surface area contributed by atoms with E-state index in [4.69, 9.17) is 9.97 Å². The van der Waals surface area contributed by atoms with E-state index in [1.165, 1.54) is 5.56 Å². The van der Waals surface area contributed by atoms with E-state index in [1.54, 1.807) is 0 Å². The summed E-state index contributed by atoms with van der Waals surface area (Å²) < 4.78 is 2.36. The number of nitrogens with one attached hydrogen (secondary N) is 1. The number of aliphatic hydroxyl groups excluding tert-OH is 1. The monoisotopic (exact) mass is 489 g/mol. The van der Waals surface area contributed by atoms with E-state index >= 15 is 0 Å². The largest absolute Gasteiger partial charge is 0.393 e. The van der Waals surface area contributed by atoms with E-state index in [2.05, 4.69) is 29.9 Å². The van der Waals surface area contributed by atoms with Gasteiger partial charge < -0.3 is 19.9 Å². The summed E-state index contributed by atoms with van der Waals surface area (Å²) in [5.74, 6) is 1.19. The molecule has 0 bridgehead atoms. The first-order valence-electron chi connectivity index (χ1n) is 13.7. The fourth-order valence-electron chi connectivity index (χ4n) is 5.95. The Balaban J connectivity index is 1.39. The summed E-state index contributed by atoms with van der Waals surface area (Å²) in [6.07, 6.45) is 11.8. The molecule has 0 spiro atoms. The van der Waals surface area contributed by atoms with Crippen molar-refractivity contribution >= 4 is 22.9 Å². The highest BCUT2D eigenvalue weighted by molar-refractivity contribution is 5.94. The van der Waals surface area contributed by atoms with Crippen LogP contribution in [0, 0.1) is 0 Å². The highest BCUT2D eigenvalue weighted by atomic mass is 16.3. The molecule has 1 saturated carbocycles. The molecule has 2 N–H and O–H groups in total. The van der Waals surface area contributed by atoms with Crippen molar-refractivity contribution in [3.05, 3.63) is 53.9 Å². The van der Waals surface area contributed by atoms with Crippen LogP contribution in [0.1, 0.15) is 93.1 Å². The number of carbonyl (C=O) groups is 1. The molecular formula is C29H39N5O2. The van der Waals surface area contributed by atoms with Crippen molar-refractivity contribution in [2.24, 2.45) is 0 Å². The van der Waals surface area contributed by atoms with Crippen molar-refractivity contribution in [1.29, 1.82) is 0 Å². The Hall–Kier alpha value is -2.93. The van der Waals surface area contributed by atoms with Crippen LogP contribution >= 0.6 is 0 Å². The molecule has 1 aliphatic carbocycles. The van der Waals surface area contributed by atoms with Gasteiger partial charge in [0.1, 0.15) is 5.65 Å². The van der Waals surface area contributed by atoms with Gasteiger partial charge in [-0.25, -0.2) is 4.98 Å². The maximum Gasteiger partial charge on any atom is 0.253 e. The molecule has 3 heterocycles. The van der Waals surface area contributed by atoms with Gasteiger partial charge in [-0.05, 0) is 75.5 Å². The average molecular weight is 490 g/mol. The van der Waals surface area contributed by atoms with Gasteiger partial charge in [0, 0.05) is 48.5 Å². The van der Waals surface area contributed by atoms with Crippen molar-refractivity contribution in [2.75, 3.05) is 18.4 Å². The molecule has 1 saturated heterocycles. The molecule has 1 atom stereocenters. The van der Waals surface area contributed by atoms with Gasteiger partial charge in [-0.3, -0.25) is 4.79 Å². The predicted octanol–water partition coefficient (Wildman–Crippen LogP) is 5.53. The number of aromatic nitrogens is 3. The first kappa shape index (κ1) is 24.8. The summed E-state index contributed by atoms with van der Waals surface area (Å²) in [5, 5.41) is 14.7. The first-order valence-corrected chi connectivity index (χ1v) is 13.7. The Morgan fingerprint density at radius 2 is 1.83 bits per heavy atom. The molecule has 3 aromatic rings. The second-order valence-electron chi connectivity index (χ2n) is 10.7. The van der Waals surface area contributed by atoms with Crippen molar-refractivity contribution < 1.29 is 9.90 Å². The number of carbonyl (C=O) groups excluding carboxylic acids is 1. The molecule has 7 heteroatoms. The summed E-state index contributed by atoms with van der Waals surface area (Å²) in [6.45, 7) is 5.88. The predicted molar refractivity (Wildman–Crippen MR) is 143 cm³/mol. The van der Waals surface area contributed by atoms with E-state index in [0.717, 1.165) is 81.1 Å². The Morgan fingerprint density at radius 3 is 2.53 bits per heavy atom. The molecule has 7 nitrogen and oxygen atoms in total. The summed E-state index contributed by atoms with van der Waals surface area (Å²) in [4.78, 5) is 24.6. The fraction of sp³-hybridized carbons (Fsp3) is 0.552. The number of aliphatic hydroxyl groups is 1. The zero-order chi connectivity index (χ0) is 25.1. The molecule has 192 valence electrons. The lowest BCUT2D eigenvalue weighted by molar-refractivity contribution is 0.0713. The van der Waals surface area contributed by atoms with Crippen LogP contribution in [0.4, 0.5) is 5.95 Å². The van der Waals surface area contributed by atoms with E-state index < -0.39 is 0 Å². The zero-order valence-electron chi connectivity index (χ0n) is 21.6. The van der Waals surface area contributed by atoms with Crippen molar-refractivity contribution in [1.82, 2.24) is 19.4 Å². The third-order valence-electron chi connectivity index (χ3n) is 8.00. The van der Waals surface area contributed by atoms with Crippen LogP contribution in [0.5, 0.6) is 0 Å². The molecule has 5 rings (SSSR count). The minimum absolute atomic E-state index is 0.123. The maximum atomic E-state index is 12.9. The van der Waals surface area contributed by atoms with Gasteiger partial charge in [0.05, 0.1) is 6.10 Å². The molecule has 1 aliphatic heterocycles. The number of rotatable bonds is 7. The van der Waals surface area contributed by atoms with Gasteiger partial charge in [0.25, 0.3) is 5.91 Å². The molecule has 36 heavy (non-hydrogen) atoms. The number of anilines is 1. The van der Waals surface area contributed by atoms with Crippen LogP contribution < -0.4 is 5.32 Å². The summed E-state index contributed by atoms with van der Waals surface area (Å²) in [6, 6.07) is 10.3. The normalized spacial score (nSPS) is 22.0. The maximum absolute atomic E-state index is 12.9. The van der Waals surface area contributed by atoms with Crippen LogP contribution in [-0.2, 0) is 0 Å². The number of benzene rings is 1. The van der Waals surface area contributed by atoms with Gasteiger partial charge in [-0.1, -0.05) is 31.5 Å². The number of likely N-dealkylation sites (tertiary alicyclic amines) is 1. The smallest absolute Gasteiger partial charge is 0.253 e. The molecule has 1 unspecified atom stereocenters.